The van der Waals surface area contributed by atoms with Gasteiger partial charge in [0.1, 0.15) is 18.7 Å². The fourth-order valence-corrected chi connectivity index (χ4v) is 4.26. The van der Waals surface area contributed by atoms with Crippen molar-refractivity contribution in [2.24, 2.45) is 5.92 Å². The van der Waals surface area contributed by atoms with Gasteiger partial charge >= 0.3 is 0 Å². The summed E-state index contributed by atoms with van der Waals surface area (Å²) in [4.78, 5) is 31.4. The molecule has 2 heterocycles. The third-order valence-electron chi connectivity index (χ3n) is 5.55. The average Bonchev–Trinajstić information content (AvgIpc) is 3.32. The van der Waals surface area contributed by atoms with Gasteiger partial charge in [-0.05, 0) is 25.7 Å². The Morgan fingerprint density at radius 2 is 1.96 bits per heavy atom. The summed E-state index contributed by atoms with van der Waals surface area (Å²) >= 11 is 0. The van der Waals surface area contributed by atoms with E-state index in [-0.39, 0.29) is 24.4 Å². The van der Waals surface area contributed by atoms with Crippen LogP contribution in [-0.2, 0) is 16.1 Å². The van der Waals surface area contributed by atoms with Gasteiger partial charge in [-0.1, -0.05) is 36.8 Å². The van der Waals surface area contributed by atoms with E-state index in [9.17, 15) is 9.59 Å². The molecule has 2 unspecified atom stereocenters. The molecule has 6 heteroatoms. The Kier molecular flexibility index (Phi) is 4.82. The summed E-state index contributed by atoms with van der Waals surface area (Å²) in [5.74, 6) is 1.04. The number of hydrogen-bond acceptors (Lipinski definition) is 4. The Labute approximate surface area is 153 Å². The van der Waals surface area contributed by atoms with Crippen LogP contribution in [0.3, 0.4) is 0 Å². The second kappa shape index (κ2) is 7.40. The number of aromatic nitrogens is 3. The van der Waals surface area contributed by atoms with Crippen LogP contribution in [0.15, 0.2) is 36.7 Å². The van der Waals surface area contributed by atoms with Crippen LogP contribution in [0, 0.1) is 5.92 Å². The number of carbonyl (C=O) groups is 2. The van der Waals surface area contributed by atoms with E-state index in [0.29, 0.717) is 18.0 Å². The van der Waals surface area contributed by atoms with Crippen molar-refractivity contribution in [3.05, 3.63) is 36.7 Å². The van der Waals surface area contributed by atoms with E-state index in [1.54, 1.807) is 11.0 Å². The van der Waals surface area contributed by atoms with Crippen molar-refractivity contribution in [3.8, 4) is 11.4 Å². The number of likely N-dealkylation sites (tertiary alicyclic amines) is 1. The second-order valence-corrected chi connectivity index (χ2v) is 7.25. The quantitative estimate of drug-likeness (QED) is 0.848. The van der Waals surface area contributed by atoms with Crippen molar-refractivity contribution in [2.45, 2.75) is 51.1 Å². The second-order valence-electron chi connectivity index (χ2n) is 7.25. The zero-order valence-electron chi connectivity index (χ0n) is 14.9. The minimum Gasteiger partial charge on any atom is -0.337 e. The number of nitrogens with zero attached hydrogens (tertiary/aromatic N) is 4. The van der Waals surface area contributed by atoms with Crippen LogP contribution < -0.4 is 0 Å². The van der Waals surface area contributed by atoms with E-state index < -0.39 is 0 Å². The summed E-state index contributed by atoms with van der Waals surface area (Å²) in [5, 5.41) is 4.44. The monoisotopic (exact) mass is 352 g/mol. The molecule has 6 nitrogen and oxygen atoms in total. The van der Waals surface area contributed by atoms with Crippen LogP contribution in [0.4, 0.5) is 0 Å². The minimum absolute atomic E-state index is 0.0332. The molecule has 0 N–H and O–H groups in total. The number of carbonyl (C=O) groups excluding carboxylic acids is 2. The molecule has 2 atom stereocenters. The SMILES string of the molecule is O=C1CCCCC1C1CCCN1C(=O)Cn1cnc(-c2ccccc2)n1. The van der Waals surface area contributed by atoms with Crippen LogP contribution in [0.25, 0.3) is 11.4 Å². The molecule has 4 rings (SSSR count). The maximum absolute atomic E-state index is 12.8. The van der Waals surface area contributed by atoms with Gasteiger partial charge in [-0.25, -0.2) is 9.67 Å². The normalized spacial score (nSPS) is 23.4. The van der Waals surface area contributed by atoms with Crippen molar-refractivity contribution in [1.29, 1.82) is 0 Å². The largest absolute Gasteiger partial charge is 0.337 e. The number of rotatable bonds is 4. The topological polar surface area (TPSA) is 68.1 Å². The van der Waals surface area contributed by atoms with E-state index in [1.165, 1.54) is 0 Å². The standard InChI is InChI=1S/C20H24N4O2/c25-18-11-5-4-9-16(18)17-10-6-12-24(17)19(26)13-23-14-21-20(22-23)15-7-2-1-3-8-15/h1-3,7-8,14,16-17H,4-6,9-13H2. The van der Waals surface area contributed by atoms with Gasteiger partial charge in [0, 0.05) is 30.5 Å². The number of ketones is 1. The first-order valence-electron chi connectivity index (χ1n) is 9.49. The van der Waals surface area contributed by atoms with Crippen molar-refractivity contribution in [1.82, 2.24) is 19.7 Å². The molecule has 1 saturated heterocycles. The maximum atomic E-state index is 12.8. The van der Waals surface area contributed by atoms with Gasteiger partial charge in [0.15, 0.2) is 5.82 Å². The van der Waals surface area contributed by atoms with Crippen LogP contribution in [-0.4, -0.2) is 43.9 Å². The van der Waals surface area contributed by atoms with Crippen molar-refractivity contribution >= 4 is 11.7 Å². The maximum Gasteiger partial charge on any atom is 0.244 e. The lowest BCUT2D eigenvalue weighted by atomic mass is 9.82. The smallest absolute Gasteiger partial charge is 0.244 e. The highest BCUT2D eigenvalue weighted by Gasteiger charge is 2.38. The predicted molar refractivity (Wildman–Crippen MR) is 97.2 cm³/mol. The molecule has 0 spiro atoms. The molecule has 1 aliphatic carbocycles. The van der Waals surface area contributed by atoms with E-state index in [1.807, 2.05) is 35.2 Å². The van der Waals surface area contributed by atoms with Gasteiger partial charge in [0.2, 0.25) is 5.91 Å². The minimum atomic E-state index is 0.0332. The summed E-state index contributed by atoms with van der Waals surface area (Å²) in [6.45, 7) is 0.921. The molecule has 1 aromatic heterocycles. The van der Waals surface area contributed by atoms with Crippen LogP contribution >= 0.6 is 0 Å². The van der Waals surface area contributed by atoms with Crippen LogP contribution in [0.1, 0.15) is 38.5 Å². The molecule has 1 aromatic carbocycles. The molecule has 0 radical (unpaired) electrons. The third kappa shape index (κ3) is 3.41. The van der Waals surface area contributed by atoms with Gasteiger partial charge in [-0.15, -0.1) is 0 Å². The lowest BCUT2D eigenvalue weighted by Crippen LogP contribution is -2.45. The Bertz CT molecular complexity index is 786. The Hall–Kier alpha value is -2.50. The number of amides is 1. The summed E-state index contributed by atoms with van der Waals surface area (Å²) in [5.41, 5.74) is 0.936. The zero-order valence-corrected chi connectivity index (χ0v) is 14.9. The first kappa shape index (κ1) is 16.9. The van der Waals surface area contributed by atoms with Crippen LogP contribution in [0.5, 0.6) is 0 Å². The first-order valence-corrected chi connectivity index (χ1v) is 9.49. The fraction of sp³-hybridized carbons (Fsp3) is 0.500. The molecule has 2 aromatic rings. The van der Waals surface area contributed by atoms with E-state index in [4.69, 9.17) is 0 Å². The average molecular weight is 352 g/mol. The molecule has 1 amide bonds. The van der Waals surface area contributed by atoms with Crippen molar-refractivity contribution in [3.63, 3.8) is 0 Å². The Morgan fingerprint density at radius 3 is 2.77 bits per heavy atom. The molecule has 136 valence electrons. The molecule has 2 fully saturated rings. The summed E-state index contributed by atoms with van der Waals surface area (Å²) in [6, 6.07) is 9.81. The number of benzene rings is 1. The molecular formula is C20H24N4O2. The Balaban J connectivity index is 1.44. The highest BCUT2D eigenvalue weighted by atomic mass is 16.2. The lowest BCUT2D eigenvalue weighted by Gasteiger charge is -2.33. The van der Waals surface area contributed by atoms with Gasteiger partial charge < -0.3 is 4.90 Å². The van der Waals surface area contributed by atoms with Gasteiger partial charge in [-0.2, -0.15) is 5.10 Å². The summed E-state index contributed by atoms with van der Waals surface area (Å²) in [7, 11) is 0. The Morgan fingerprint density at radius 1 is 1.12 bits per heavy atom. The number of Topliss-reactive ketones (excluding diaryl/α,β-unsaturated/α-hetero) is 1. The third-order valence-corrected chi connectivity index (χ3v) is 5.55. The molecular weight excluding hydrogens is 328 g/mol. The summed E-state index contributed by atoms with van der Waals surface area (Å²) < 4.78 is 1.60. The molecule has 26 heavy (non-hydrogen) atoms. The van der Waals surface area contributed by atoms with E-state index in [2.05, 4.69) is 10.1 Å². The predicted octanol–water partition coefficient (Wildman–Crippen LogP) is 2.70. The molecule has 1 aliphatic heterocycles. The first-order chi connectivity index (χ1) is 12.7. The number of hydrogen-bond donors (Lipinski definition) is 0. The van der Waals surface area contributed by atoms with Crippen LogP contribution in [0.2, 0.25) is 0 Å². The fourth-order valence-electron chi connectivity index (χ4n) is 4.26. The van der Waals surface area contributed by atoms with E-state index >= 15 is 0 Å². The lowest BCUT2D eigenvalue weighted by molar-refractivity contribution is -0.136. The van der Waals surface area contributed by atoms with Gasteiger partial charge in [-0.3, -0.25) is 9.59 Å². The highest BCUT2D eigenvalue weighted by molar-refractivity contribution is 5.84. The summed E-state index contributed by atoms with van der Waals surface area (Å²) in [6.07, 6.45) is 7.22. The van der Waals surface area contributed by atoms with Crippen molar-refractivity contribution in [2.75, 3.05) is 6.54 Å². The zero-order chi connectivity index (χ0) is 17.9. The van der Waals surface area contributed by atoms with Gasteiger partial charge in [0.25, 0.3) is 0 Å². The van der Waals surface area contributed by atoms with E-state index in [0.717, 1.165) is 44.2 Å². The molecule has 1 saturated carbocycles. The molecule has 0 bridgehead atoms. The molecule has 2 aliphatic rings. The highest BCUT2D eigenvalue weighted by Crippen LogP contribution is 2.32. The van der Waals surface area contributed by atoms with Crippen molar-refractivity contribution < 1.29 is 9.59 Å². The van der Waals surface area contributed by atoms with Gasteiger partial charge in [0.05, 0.1) is 0 Å².